The van der Waals surface area contributed by atoms with Crippen LogP contribution in [0, 0.1) is 29.4 Å². The fourth-order valence-electron chi connectivity index (χ4n) is 0.811. The largest absolute Gasteiger partial charge is 0.287 e. The van der Waals surface area contributed by atoms with E-state index in [-0.39, 0.29) is 5.69 Å². The number of pyridine rings is 1. The smallest absolute Gasteiger partial charge is 0.258 e. The molecule has 0 amide bonds. The predicted octanol–water partition coefficient (Wildman–Crippen LogP) is 1.28. The van der Waals surface area contributed by atoms with Gasteiger partial charge in [0.2, 0.25) is 0 Å². The molecule has 0 radical (unpaired) electrons. The highest BCUT2D eigenvalue weighted by Crippen LogP contribution is 2.12. The van der Waals surface area contributed by atoms with Gasteiger partial charge >= 0.3 is 0 Å². The Morgan fingerprint density at radius 2 is 2.42 bits per heavy atom. The Labute approximate surface area is 69.4 Å². The van der Waals surface area contributed by atoms with Gasteiger partial charge < -0.3 is 0 Å². The van der Waals surface area contributed by atoms with E-state index in [9.17, 15) is 10.1 Å². The number of nitro groups is 1. The molecule has 0 aliphatic rings. The molecule has 0 fully saturated rings. The maximum Gasteiger partial charge on any atom is 0.287 e. The van der Waals surface area contributed by atoms with Crippen LogP contribution in [0.3, 0.4) is 0 Å². The highest BCUT2D eigenvalue weighted by atomic mass is 16.6. The molecule has 12 heavy (non-hydrogen) atoms. The summed E-state index contributed by atoms with van der Waals surface area (Å²) in [4.78, 5) is 13.5. The van der Waals surface area contributed by atoms with E-state index >= 15 is 0 Å². The van der Waals surface area contributed by atoms with Crippen LogP contribution in [0.25, 0.3) is 0 Å². The maximum absolute atomic E-state index is 10.3. The molecule has 0 spiro atoms. The number of hydrogen-bond acceptors (Lipinski definition) is 3. The maximum atomic E-state index is 10.3. The van der Waals surface area contributed by atoms with Crippen molar-refractivity contribution in [3.05, 3.63) is 33.6 Å². The van der Waals surface area contributed by atoms with Crippen molar-refractivity contribution >= 4 is 5.69 Å². The van der Waals surface area contributed by atoms with Crippen molar-refractivity contribution in [2.75, 3.05) is 0 Å². The highest BCUT2D eigenvalue weighted by Gasteiger charge is 2.07. The first-order valence-corrected chi connectivity index (χ1v) is 3.23. The molecule has 0 aromatic carbocycles. The molecular weight excluding hydrogens is 156 g/mol. The van der Waals surface area contributed by atoms with Crippen LogP contribution in [-0.2, 0) is 0 Å². The Balaban J connectivity index is 3.21. The molecule has 1 aromatic rings. The number of hydrogen-bond donors (Lipinski definition) is 0. The fraction of sp³-hybridized carbons (Fsp3) is 0.125. The SMILES string of the molecule is C#Cc1ncc([N+](=O)[O-])cc1C. The minimum Gasteiger partial charge on any atom is -0.258 e. The van der Waals surface area contributed by atoms with Crippen LogP contribution < -0.4 is 0 Å². The lowest BCUT2D eigenvalue weighted by atomic mass is 10.2. The summed E-state index contributed by atoms with van der Waals surface area (Å²) in [7, 11) is 0. The van der Waals surface area contributed by atoms with E-state index in [2.05, 4.69) is 10.9 Å². The second-order valence-electron chi connectivity index (χ2n) is 2.26. The van der Waals surface area contributed by atoms with Crippen molar-refractivity contribution in [1.82, 2.24) is 4.98 Å². The van der Waals surface area contributed by atoms with E-state index in [1.54, 1.807) is 6.92 Å². The summed E-state index contributed by atoms with van der Waals surface area (Å²) in [5, 5.41) is 10.3. The Hall–Kier alpha value is -1.89. The molecule has 1 heterocycles. The van der Waals surface area contributed by atoms with Crippen LogP contribution in [0.15, 0.2) is 12.3 Å². The van der Waals surface area contributed by atoms with Gasteiger partial charge in [-0.3, -0.25) is 10.1 Å². The normalized spacial score (nSPS) is 9.00. The van der Waals surface area contributed by atoms with Crippen LogP contribution in [0.5, 0.6) is 0 Å². The molecule has 0 bridgehead atoms. The minimum atomic E-state index is -0.500. The Morgan fingerprint density at radius 3 is 2.83 bits per heavy atom. The highest BCUT2D eigenvalue weighted by molar-refractivity contribution is 5.39. The number of nitrogens with zero attached hydrogens (tertiary/aromatic N) is 2. The van der Waals surface area contributed by atoms with Crippen LogP contribution in [0.2, 0.25) is 0 Å². The number of terminal acetylenes is 1. The molecule has 0 aliphatic carbocycles. The number of aryl methyl sites for hydroxylation is 1. The number of aromatic nitrogens is 1. The summed E-state index contributed by atoms with van der Waals surface area (Å²) in [6.07, 6.45) is 6.25. The molecule has 0 saturated heterocycles. The van der Waals surface area contributed by atoms with Crippen molar-refractivity contribution in [2.45, 2.75) is 6.92 Å². The quantitative estimate of drug-likeness (QED) is 0.355. The van der Waals surface area contributed by atoms with E-state index in [4.69, 9.17) is 6.42 Å². The summed E-state index contributed by atoms with van der Waals surface area (Å²) in [6, 6.07) is 1.40. The van der Waals surface area contributed by atoms with Crippen molar-refractivity contribution in [2.24, 2.45) is 0 Å². The van der Waals surface area contributed by atoms with Gasteiger partial charge in [0.15, 0.2) is 0 Å². The Kier molecular flexibility index (Phi) is 2.06. The van der Waals surface area contributed by atoms with Crippen molar-refractivity contribution in [3.63, 3.8) is 0 Å². The van der Waals surface area contributed by atoms with E-state index in [0.717, 1.165) is 6.20 Å². The van der Waals surface area contributed by atoms with E-state index in [1.165, 1.54) is 6.07 Å². The fourth-order valence-corrected chi connectivity index (χ4v) is 0.811. The van der Waals surface area contributed by atoms with Gasteiger partial charge in [-0.15, -0.1) is 6.42 Å². The molecule has 0 N–H and O–H groups in total. The third kappa shape index (κ3) is 1.40. The van der Waals surface area contributed by atoms with E-state index in [0.29, 0.717) is 11.3 Å². The second-order valence-corrected chi connectivity index (χ2v) is 2.26. The first-order valence-electron chi connectivity index (χ1n) is 3.23. The van der Waals surface area contributed by atoms with E-state index in [1.807, 2.05) is 0 Å². The molecule has 0 aliphatic heterocycles. The zero-order chi connectivity index (χ0) is 9.14. The van der Waals surface area contributed by atoms with Gasteiger partial charge in [-0.1, -0.05) is 0 Å². The first kappa shape index (κ1) is 8.21. The molecule has 4 heteroatoms. The van der Waals surface area contributed by atoms with Gasteiger partial charge in [0, 0.05) is 6.07 Å². The lowest BCUT2D eigenvalue weighted by Crippen LogP contribution is -1.93. The van der Waals surface area contributed by atoms with Gasteiger partial charge in [0.25, 0.3) is 5.69 Å². The first-order chi connectivity index (χ1) is 5.65. The molecular formula is C8H6N2O2. The lowest BCUT2D eigenvalue weighted by molar-refractivity contribution is -0.385. The van der Waals surface area contributed by atoms with Crippen LogP contribution in [0.1, 0.15) is 11.3 Å². The standard InChI is InChI=1S/C8H6N2O2/c1-3-8-6(2)4-7(5-9-8)10(11)12/h1,4-5H,2H3. The molecule has 0 unspecified atom stereocenters. The van der Waals surface area contributed by atoms with Crippen LogP contribution in [-0.4, -0.2) is 9.91 Å². The summed E-state index contributed by atoms with van der Waals surface area (Å²) in [6.45, 7) is 1.69. The molecule has 60 valence electrons. The second kappa shape index (κ2) is 3.01. The summed E-state index contributed by atoms with van der Waals surface area (Å²) < 4.78 is 0. The van der Waals surface area contributed by atoms with Crippen molar-refractivity contribution < 1.29 is 4.92 Å². The third-order valence-corrected chi connectivity index (χ3v) is 1.41. The van der Waals surface area contributed by atoms with Gasteiger partial charge in [-0.05, 0) is 18.4 Å². The molecule has 1 rings (SSSR count). The number of rotatable bonds is 1. The molecule has 0 atom stereocenters. The van der Waals surface area contributed by atoms with Crippen molar-refractivity contribution in [3.8, 4) is 12.3 Å². The molecule has 1 aromatic heterocycles. The van der Waals surface area contributed by atoms with E-state index < -0.39 is 4.92 Å². The Morgan fingerprint density at radius 1 is 1.75 bits per heavy atom. The molecule has 4 nitrogen and oxygen atoms in total. The zero-order valence-corrected chi connectivity index (χ0v) is 6.44. The Bertz CT molecular complexity index is 366. The topological polar surface area (TPSA) is 56.0 Å². The van der Waals surface area contributed by atoms with Gasteiger partial charge in [0.1, 0.15) is 11.9 Å². The van der Waals surface area contributed by atoms with Gasteiger partial charge in [0.05, 0.1) is 4.92 Å². The minimum absolute atomic E-state index is 0.0356. The molecule has 0 saturated carbocycles. The predicted molar refractivity (Wildman–Crippen MR) is 43.6 cm³/mol. The summed E-state index contributed by atoms with van der Waals surface area (Å²) >= 11 is 0. The lowest BCUT2D eigenvalue weighted by Gasteiger charge is -1.95. The monoisotopic (exact) mass is 162 g/mol. The average Bonchev–Trinajstić information content (AvgIpc) is 2.04. The van der Waals surface area contributed by atoms with Gasteiger partial charge in [-0.25, -0.2) is 4.98 Å². The van der Waals surface area contributed by atoms with Gasteiger partial charge in [-0.2, -0.15) is 0 Å². The summed E-state index contributed by atoms with van der Waals surface area (Å²) in [5.41, 5.74) is 1.05. The average molecular weight is 162 g/mol. The zero-order valence-electron chi connectivity index (χ0n) is 6.44. The summed E-state index contributed by atoms with van der Waals surface area (Å²) in [5.74, 6) is 2.33. The van der Waals surface area contributed by atoms with Crippen molar-refractivity contribution in [1.29, 1.82) is 0 Å². The van der Waals surface area contributed by atoms with Crippen LogP contribution in [0.4, 0.5) is 5.69 Å². The third-order valence-electron chi connectivity index (χ3n) is 1.41. The van der Waals surface area contributed by atoms with Crippen LogP contribution >= 0.6 is 0 Å².